The quantitative estimate of drug-likeness (QED) is 0.737. The van der Waals surface area contributed by atoms with E-state index in [0.29, 0.717) is 5.82 Å². The molecule has 1 heterocycles. The highest BCUT2D eigenvalue weighted by Crippen LogP contribution is 2.35. The third kappa shape index (κ3) is 2.17. The van der Waals surface area contributed by atoms with Crippen LogP contribution >= 0.6 is 11.6 Å². The summed E-state index contributed by atoms with van der Waals surface area (Å²) in [6.07, 6.45) is 0. The molecule has 0 atom stereocenters. The molecular weight excluding hydrogens is 270 g/mol. The highest BCUT2D eigenvalue weighted by Gasteiger charge is 2.14. The van der Waals surface area contributed by atoms with E-state index in [2.05, 4.69) is 10.2 Å². The van der Waals surface area contributed by atoms with Gasteiger partial charge < -0.3 is 5.73 Å². The van der Waals surface area contributed by atoms with Gasteiger partial charge in [-0.05, 0) is 24.1 Å². The van der Waals surface area contributed by atoms with E-state index >= 15 is 0 Å². The van der Waals surface area contributed by atoms with Crippen molar-refractivity contribution in [2.24, 2.45) is 0 Å². The van der Waals surface area contributed by atoms with Gasteiger partial charge >= 0.3 is 0 Å². The first-order valence-electron chi connectivity index (χ1n) is 6.32. The summed E-state index contributed by atoms with van der Waals surface area (Å²) in [5, 5.41) is 7.86. The predicted octanol–water partition coefficient (Wildman–Crippen LogP) is 4.29. The number of hydrogen-bond donors (Lipinski definition) is 2. The molecule has 2 aromatic carbocycles. The molecule has 1 aromatic heterocycles. The highest BCUT2D eigenvalue weighted by atomic mass is 35.5. The van der Waals surface area contributed by atoms with Crippen LogP contribution in [0.25, 0.3) is 22.4 Å². The van der Waals surface area contributed by atoms with Gasteiger partial charge in [-0.2, -0.15) is 5.10 Å². The Morgan fingerprint density at radius 1 is 1.05 bits per heavy atom. The maximum Gasteiger partial charge on any atom is 0.153 e. The van der Waals surface area contributed by atoms with E-state index in [1.54, 1.807) is 0 Å². The average molecular weight is 284 g/mol. The summed E-state index contributed by atoms with van der Waals surface area (Å²) >= 11 is 6.20. The fourth-order valence-corrected chi connectivity index (χ4v) is 2.39. The maximum atomic E-state index is 6.20. The number of aromatic nitrogens is 2. The number of nitrogens with one attached hydrogen (secondary N) is 1. The smallest absolute Gasteiger partial charge is 0.153 e. The standard InChI is InChI=1S/C16H14ClN3/c1-10-7-8-12(9-13(10)17)15-14(16(18)20-19-15)11-5-3-2-4-6-11/h2-9H,1H3,(H3,18,19,20). The van der Waals surface area contributed by atoms with Crippen molar-refractivity contribution < 1.29 is 0 Å². The topological polar surface area (TPSA) is 54.7 Å². The first-order valence-corrected chi connectivity index (χ1v) is 6.70. The van der Waals surface area contributed by atoms with Crippen molar-refractivity contribution in [3.05, 3.63) is 59.1 Å². The van der Waals surface area contributed by atoms with Crippen LogP contribution in [-0.4, -0.2) is 10.2 Å². The number of hydrogen-bond acceptors (Lipinski definition) is 2. The van der Waals surface area contributed by atoms with Gasteiger partial charge in [0.05, 0.1) is 11.3 Å². The summed E-state index contributed by atoms with van der Waals surface area (Å²) in [6.45, 7) is 1.98. The zero-order chi connectivity index (χ0) is 14.1. The predicted molar refractivity (Wildman–Crippen MR) is 83.6 cm³/mol. The van der Waals surface area contributed by atoms with Gasteiger partial charge in [-0.3, -0.25) is 5.10 Å². The summed E-state index contributed by atoms with van der Waals surface area (Å²) in [6, 6.07) is 15.9. The molecule has 0 unspecified atom stereocenters. The second-order valence-corrected chi connectivity index (χ2v) is 5.10. The number of aryl methyl sites for hydroxylation is 1. The molecule has 0 aliphatic rings. The number of benzene rings is 2. The number of nitrogens with two attached hydrogens (primary N) is 1. The Morgan fingerprint density at radius 3 is 2.50 bits per heavy atom. The summed E-state index contributed by atoms with van der Waals surface area (Å²) in [5.74, 6) is 0.489. The molecule has 0 amide bonds. The van der Waals surface area contributed by atoms with E-state index in [1.807, 2.05) is 55.5 Å². The molecule has 4 heteroatoms. The van der Waals surface area contributed by atoms with E-state index in [9.17, 15) is 0 Å². The van der Waals surface area contributed by atoms with Crippen molar-refractivity contribution >= 4 is 17.4 Å². The molecular formula is C16H14ClN3. The van der Waals surface area contributed by atoms with Crippen LogP contribution in [0.1, 0.15) is 5.56 Å². The third-order valence-electron chi connectivity index (χ3n) is 3.32. The van der Waals surface area contributed by atoms with Crippen LogP contribution in [-0.2, 0) is 0 Å². The number of rotatable bonds is 2. The Bertz CT molecular complexity index is 748. The molecule has 0 aliphatic heterocycles. The van der Waals surface area contributed by atoms with Gasteiger partial charge in [-0.15, -0.1) is 0 Å². The fourth-order valence-electron chi connectivity index (χ4n) is 2.21. The van der Waals surface area contributed by atoms with Crippen molar-refractivity contribution in [3.8, 4) is 22.4 Å². The third-order valence-corrected chi connectivity index (χ3v) is 3.72. The van der Waals surface area contributed by atoms with Crippen LogP contribution in [0.2, 0.25) is 5.02 Å². The Labute approximate surface area is 122 Å². The lowest BCUT2D eigenvalue weighted by atomic mass is 10.0. The molecule has 20 heavy (non-hydrogen) atoms. The Kier molecular flexibility index (Phi) is 3.20. The fraction of sp³-hybridized carbons (Fsp3) is 0.0625. The number of aromatic amines is 1. The minimum atomic E-state index is 0.489. The molecule has 0 spiro atoms. The molecule has 100 valence electrons. The van der Waals surface area contributed by atoms with Crippen molar-refractivity contribution in [2.75, 3.05) is 5.73 Å². The molecule has 0 radical (unpaired) electrons. The van der Waals surface area contributed by atoms with Gasteiger partial charge in [-0.1, -0.05) is 54.1 Å². The van der Waals surface area contributed by atoms with Crippen LogP contribution < -0.4 is 5.73 Å². The minimum Gasteiger partial charge on any atom is -0.382 e. The van der Waals surface area contributed by atoms with E-state index in [-0.39, 0.29) is 0 Å². The minimum absolute atomic E-state index is 0.489. The largest absolute Gasteiger partial charge is 0.382 e. The zero-order valence-electron chi connectivity index (χ0n) is 11.0. The van der Waals surface area contributed by atoms with Crippen molar-refractivity contribution in [1.29, 1.82) is 0 Å². The Balaban J connectivity index is 2.18. The van der Waals surface area contributed by atoms with E-state index in [0.717, 1.165) is 33.0 Å². The SMILES string of the molecule is Cc1ccc(-c2[nH]nc(N)c2-c2ccccc2)cc1Cl. The molecule has 0 aliphatic carbocycles. The summed E-state index contributed by atoms with van der Waals surface area (Å²) < 4.78 is 0. The summed E-state index contributed by atoms with van der Waals surface area (Å²) in [7, 11) is 0. The molecule has 0 fully saturated rings. The van der Waals surface area contributed by atoms with Gasteiger partial charge in [-0.25, -0.2) is 0 Å². The molecule has 3 N–H and O–H groups in total. The van der Waals surface area contributed by atoms with Gasteiger partial charge in [0.1, 0.15) is 0 Å². The lowest BCUT2D eigenvalue weighted by Crippen LogP contribution is -1.89. The van der Waals surface area contributed by atoms with Gasteiger partial charge in [0.25, 0.3) is 0 Å². The molecule has 3 aromatic rings. The monoisotopic (exact) mass is 283 g/mol. The van der Waals surface area contributed by atoms with Gasteiger partial charge in [0.2, 0.25) is 0 Å². The summed E-state index contributed by atoms with van der Waals surface area (Å²) in [5.41, 5.74) is 10.8. The van der Waals surface area contributed by atoms with Crippen LogP contribution in [0.4, 0.5) is 5.82 Å². The second kappa shape index (κ2) is 5.02. The molecule has 3 nitrogen and oxygen atoms in total. The van der Waals surface area contributed by atoms with Crippen LogP contribution in [0.3, 0.4) is 0 Å². The van der Waals surface area contributed by atoms with Crippen molar-refractivity contribution in [2.45, 2.75) is 6.92 Å². The second-order valence-electron chi connectivity index (χ2n) is 4.69. The average Bonchev–Trinajstić information content (AvgIpc) is 2.85. The summed E-state index contributed by atoms with van der Waals surface area (Å²) in [4.78, 5) is 0. The normalized spacial score (nSPS) is 10.7. The van der Waals surface area contributed by atoms with E-state index in [4.69, 9.17) is 17.3 Å². The number of nitrogens with zero attached hydrogens (tertiary/aromatic N) is 1. The maximum absolute atomic E-state index is 6.20. The molecule has 0 bridgehead atoms. The lowest BCUT2D eigenvalue weighted by molar-refractivity contribution is 1.10. The Hall–Kier alpha value is -2.26. The Morgan fingerprint density at radius 2 is 1.80 bits per heavy atom. The van der Waals surface area contributed by atoms with E-state index < -0.39 is 0 Å². The first kappa shape index (κ1) is 12.8. The number of nitrogen functional groups attached to an aromatic ring is 1. The van der Waals surface area contributed by atoms with Crippen molar-refractivity contribution in [1.82, 2.24) is 10.2 Å². The van der Waals surface area contributed by atoms with Crippen LogP contribution in [0, 0.1) is 6.92 Å². The number of anilines is 1. The van der Waals surface area contributed by atoms with Gasteiger partial charge in [0.15, 0.2) is 5.82 Å². The van der Waals surface area contributed by atoms with E-state index in [1.165, 1.54) is 0 Å². The van der Waals surface area contributed by atoms with Gasteiger partial charge in [0, 0.05) is 10.6 Å². The zero-order valence-corrected chi connectivity index (χ0v) is 11.8. The number of H-pyrrole nitrogens is 1. The highest BCUT2D eigenvalue weighted by molar-refractivity contribution is 6.31. The molecule has 3 rings (SSSR count). The number of halogens is 1. The van der Waals surface area contributed by atoms with Crippen LogP contribution in [0.15, 0.2) is 48.5 Å². The lowest BCUT2D eigenvalue weighted by Gasteiger charge is -2.06. The molecule has 0 saturated heterocycles. The molecule has 0 saturated carbocycles. The van der Waals surface area contributed by atoms with Crippen LogP contribution in [0.5, 0.6) is 0 Å². The van der Waals surface area contributed by atoms with Crippen molar-refractivity contribution in [3.63, 3.8) is 0 Å². The first-order chi connectivity index (χ1) is 9.66.